The lowest BCUT2D eigenvalue weighted by atomic mass is 9.90. The predicted molar refractivity (Wildman–Crippen MR) is 92.1 cm³/mol. The first-order valence-electron chi connectivity index (χ1n) is 8.25. The molecule has 23 heavy (non-hydrogen) atoms. The Hall–Kier alpha value is -1.75. The van der Waals surface area contributed by atoms with Gasteiger partial charge in [0.15, 0.2) is 0 Å². The fourth-order valence-electron chi connectivity index (χ4n) is 2.81. The topological polar surface area (TPSA) is 59.6 Å². The van der Waals surface area contributed by atoms with Crippen LogP contribution in [0.25, 0.3) is 0 Å². The van der Waals surface area contributed by atoms with Crippen LogP contribution in [0.4, 0.5) is 10.5 Å². The van der Waals surface area contributed by atoms with E-state index in [1.165, 1.54) is 18.4 Å². The molecule has 2 N–H and O–H groups in total. The molecule has 0 radical (unpaired) electrons. The lowest BCUT2D eigenvalue weighted by Crippen LogP contribution is -2.28. The molecule has 1 aliphatic rings. The Morgan fingerprint density at radius 2 is 2.00 bits per heavy atom. The van der Waals surface area contributed by atoms with Gasteiger partial charge in [0.2, 0.25) is 0 Å². The highest BCUT2D eigenvalue weighted by molar-refractivity contribution is 5.85. The molecule has 5 nitrogen and oxygen atoms in total. The summed E-state index contributed by atoms with van der Waals surface area (Å²) in [5.74, 6) is 1.51. The molecule has 0 spiro atoms. The van der Waals surface area contributed by atoms with E-state index in [4.69, 9.17) is 9.47 Å². The van der Waals surface area contributed by atoms with Crippen LogP contribution in [0.3, 0.4) is 0 Å². The summed E-state index contributed by atoms with van der Waals surface area (Å²) < 4.78 is 10.8. The average molecular weight is 320 g/mol. The maximum atomic E-state index is 11.8. The Labute approximate surface area is 138 Å². The number of benzene rings is 1. The molecule has 0 unspecified atom stereocenters. The van der Waals surface area contributed by atoms with Crippen molar-refractivity contribution in [2.45, 2.75) is 45.6 Å². The summed E-state index contributed by atoms with van der Waals surface area (Å²) in [6, 6.07) is 5.80. The van der Waals surface area contributed by atoms with Crippen LogP contribution in [-0.4, -0.2) is 31.9 Å². The summed E-state index contributed by atoms with van der Waals surface area (Å²) in [6.45, 7) is 7.70. The van der Waals surface area contributed by atoms with Gasteiger partial charge in [-0.25, -0.2) is 4.79 Å². The Kier molecular flexibility index (Phi) is 5.88. The third-order valence-electron chi connectivity index (χ3n) is 3.90. The Morgan fingerprint density at radius 3 is 2.61 bits per heavy atom. The van der Waals surface area contributed by atoms with Crippen LogP contribution in [0.2, 0.25) is 0 Å². The highest BCUT2D eigenvalue weighted by Crippen LogP contribution is 2.28. The quantitative estimate of drug-likeness (QED) is 0.890. The number of methoxy groups -OCH3 is 1. The van der Waals surface area contributed by atoms with Gasteiger partial charge in [0.05, 0.1) is 7.11 Å². The van der Waals surface area contributed by atoms with Crippen molar-refractivity contribution >= 4 is 11.8 Å². The number of piperidine rings is 1. The Bertz CT molecular complexity index is 532. The molecular weight excluding hydrogens is 292 g/mol. The molecule has 1 amide bonds. The SMILES string of the molecule is COc1cc(NC(=O)OC(C)(C)C)ccc1CC1CCNCC1. The van der Waals surface area contributed by atoms with Gasteiger partial charge in [-0.15, -0.1) is 0 Å². The summed E-state index contributed by atoms with van der Waals surface area (Å²) in [4.78, 5) is 11.8. The zero-order chi connectivity index (χ0) is 16.9. The minimum atomic E-state index is -0.511. The number of carbonyl (C=O) groups is 1. The molecule has 128 valence electrons. The second-order valence-electron chi connectivity index (χ2n) is 7.05. The number of hydrogen-bond acceptors (Lipinski definition) is 4. The molecule has 0 aromatic heterocycles. The van der Waals surface area contributed by atoms with E-state index in [1.807, 2.05) is 39.0 Å². The number of rotatable bonds is 4. The van der Waals surface area contributed by atoms with E-state index in [0.717, 1.165) is 25.3 Å². The zero-order valence-electron chi connectivity index (χ0n) is 14.6. The smallest absolute Gasteiger partial charge is 0.412 e. The van der Waals surface area contributed by atoms with Crippen LogP contribution in [0.5, 0.6) is 5.75 Å². The van der Waals surface area contributed by atoms with Crippen LogP contribution in [0.1, 0.15) is 39.2 Å². The van der Waals surface area contributed by atoms with Crippen LogP contribution in [0, 0.1) is 5.92 Å². The van der Waals surface area contributed by atoms with Crippen molar-refractivity contribution in [3.05, 3.63) is 23.8 Å². The predicted octanol–water partition coefficient (Wildman–Crippen LogP) is 3.58. The monoisotopic (exact) mass is 320 g/mol. The van der Waals surface area contributed by atoms with Crippen molar-refractivity contribution in [3.8, 4) is 5.75 Å². The largest absolute Gasteiger partial charge is 0.496 e. The second kappa shape index (κ2) is 7.68. The number of hydrogen-bond donors (Lipinski definition) is 2. The molecule has 0 bridgehead atoms. The van der Waals surface area contributed by atoms with Crippen LogP contribution >= 0.6 is 0 Å². The van der Waals surface area contributed by atoms with Gasteiger partial charge >= 0.3 is 6.09 Å². The summed E-state index contributed by atoms with van der Waals surface area (Å²) in [7, 11) is 1.67. The van der Waals surface area contributed by atoms with Crippen LogP contribution in [0.15, 0.2) is 18.2 Å². The fraction of sp³-hybridized carbons (Fsp3) is 0.611. The highest BCUT2D eigenvalue weighted by Gasteiger charge is 2.18. The second-order valence-corrected chi connectivity index (χ2v) is 7.05. The van der Waals surface area contributed by atoms with Crippen molar-refractivity contribution in [2.75, 3.05) is 25.5 Å². The van der Waals surface area contributed by atoms with E-state index in [-0.39, 0.29) is 0 Å². The molecular formula is C18H28N2O3. The molecule has 0 atom stereocenters. The van der Waals surface area contributed by atoms with Gasteiger partial charge in [-0.3, -0.25) is 5.32 Å². The van der Waals surface area contributed by atoms with E-state index in [2.05, 4.69) is 10.6 Å². The van der Waals surface area contributed by atoms with Gasteiger partial charge in [0, 0.05) is 11.8 Å². The fourth-order valence-corrected chi connectivity index (χ4v) is 2.81. The molecule has 0 aliphatic carbocycles. The van der Waals surface area contributed by atoms with Crippen molar-refractivity contribution in [1.82, 2.24) is 5.32 Å². The molecule has 0 saturated carbocycles. The first-order valence-corrected chi connectivity index (χ1v) is 8.25. The van der Waals surface area contributed by atoms with Gasteiger partial charge in [-0.05, 0) is 70.7 Å². The first kappa shape index (κ1) is 17.6. The molecule has 1 aromatic carbocycles. The standard InChI is InChI=1S/C18H28N2O3/c1-18(2,3)23-17(21)20-15-6-5-14(16(12-15)22-4)11-13-7-9-19-10-8-13/h5-6,12-13,19H,7-11H2,1-4H3,(H,20,21). The number of amides is 1. The first-order chi connectivity index (χ1) is 10.9. The lowest BCUT2D eigenvalue weighted by molar-refractivity contribution is 0.0636. The third kappa shape index (κ3) is 5.75. The normalized spacial score (nSPS) is 16.0. The minimum Gasteiger partial charge on any atom is -0.496 e. The molecule has 5 heteroatoms. The number of carbonyl (C=O) groups excluding carboxylic acids is 1. The Balaban J connectivity index is 2.02. The maximum Gasteiger partial charge on any atom is 0.412 e. The van der Waals surface area contributed by atoms with Gasteiger partial charge < -0.3 is 14.8 Å². The van der Waals surface area contributed by atoms with E-state index in [0.29, 0.717) is 11.6 Å². The summed E-state index contributed by atoms with van der Waals surface area (Å²) in [5.41, 5.74) is 1.36. The molecule has 1 saturated heterocycles. The van der Waals surface area contributed by atoms with Gasteiger partial charge in [-0.1, -0.05) is 6.07 Å². The molecule has 1 aromatic rings. The van der Waals surface area contributed by atoms with Gasteiger partial charge in [-0.2, -0.15) is 0 Å². The molecule has 2 rings (SSSR count). The number of nitrogens with one attached hydrogen (secondary N) is 2. The number of ether oxygens (including phenoxy) is 2. The van der Waals surface area contributed by atoms with Crippen molar-refractivity contribution < 1.29 is 14.3 Å². The van der Waals surface area contributed by atoms with E-state index >= 15 is 0 Å². The van der Waals surface area contributed by atoms with E-state index in [1.54, 1.807) is 7.11 Å². The van der Waals surface area contributed by atoms with Crippen LogP contribution < -0.4 is 15.4 Å². The van der Waals surface area contributed by atoms with Crippen molar-refractivity contribution in [3.63, 3.8) is 0 Å². The van der Waals surface area contributed by atoms with E-state index < -0.39 is 11.7 Å². The number of anilines is 1. The minimum absolute atomic E-state index is 0.453. The highest BCUT2D eigenvalue weighted by atomic mass is 16.6. The van der Waals surface area contributed by atoms with Crippen molar-refractivity contribution in [2.24, 2.45) is 5.92 Å². The lowest BCUT2D eigenvalue weighted by Gasteiger charge is -2.23. The molecule has 1 aliphatic heterocycles. The third-order valence-corrected chi connectivity index (χ3v) is 3.90. The van der Waals surface area contributed by atoms with Gasteiger partial charge in [0.25, 0.3) is 0 Å². The zero-order valence-corrected chi connectivity index (χ0v) is 14.6. The Morgan fingerprint density at radius 1 is 1.30 bits per heavy atom. The summed E-state index contributed by atoms with van der Waals surface area (Å²) in [5, 5.41) is 6.14. The van der Waals surface area contributed by atoms with Crippen molar-refractivity contribution in [1.29, 1.82) is 0 Å². The molecule has 1 heterocycles. The van der Waals surface area contributed by atoms with E-state index in [9.17, 15) is 4.79 Å². The molecule has 1 fully saturated rings. The maximum absolute atomic E-state index is 11.8. The average Bonchev–Trinajstić information content (AvgIpc) is 2.48. The van der Waals surface area contributed by atoms with Crippen LogP contribution in [-0.2, 0) is 11.2 Å². The van der Waals surface area contributed by atoms with Gasteiger partial charge in [0.1, 0.15) is 11.4 Å². The summed E-state index contributed by atoms with van der Waals surface area (Å²) >= 11 is 0. The summed E-state index contributed by atoms with van der Waals surface area (Å²) in [6.07, 6.45) is 2.95.